The van der Waals surface area contributed by atoms with Crippen molar-refractivity contribution >= 4 is 31.9 Å². The molecule has 2 aliphatic rings. The van der Waals surface area contributed by atoms with E-state index in [1.807, 2.05) is 31.0 Å². The number of aromatic nitrogens is 3. The molecule has 27 heavy (non-hydrogen) atoms. The van der Waals surface area contributed by atoms with Gasteiger partial charge in [0, 0.05) is 56.6 Å². The summed E-state index contributed by atoms with van der Waals surface area (Å²) in [5.74, 6) is 0. The fourth-order valence-corrected chi connectivity index (χ4v) is 5.41. The molecular formula is C22H11Br2N3. The number of hydrogen-bond acceptors (Lipinski definition) is 3. The van der Waals surface area contributed by atoms with Gasteiger partial charge in [-0.05, 0) is 68.5 Å². The van der Waals surface area contributed by atoms with E-state index in [9.17, 15) is 0 Å². The van der Waals surface area contributed by atoms with Gasteiger partial charge in [-0.25, -0.2) is 0 Å². The number of benzene rings is 1. The zero-order valence-electron chi connectivity index (χ0n) is 13.9. The molecule has 128 valence electrons. The van der Waals surface area contributed by atoms with Gasteiger partial charge in [0.15, 0.2) is 0 Å². The largest absolute Gasteiger partial charge is 0.264 e. The van der Waals surface area contributed by atoms with E-state index in [1.165, 1.54) is 27.8 Å². The van der Waals surface area contributed by atoms with E-state index in [0.717, 1.165) is 25.8 Å². The number of nitrogens with zero attached hydrogens (tertiary/aromatic N) is 3. The van der Waals surface area contributed by atoms with Crippen LogP contribution < -0.4 is 0 Å². The van der Waals surface area contributed by atoms with Gasteiger partial charge < -0.3 is 0 Å². The Morgan fingerprint density at radius 3 is 2.00 bits per heavy atom. The Morgan fingerprint density at radius 1 is 0.630 bits per heavy atom. The Kier molecular flexibility index (Phi) is 3.09. The molecule has 0 unspecified atom stereocenters. The second-order valence-electron chi connectivity index (χ2n) is 6.83. The molecule has 0 amide bonds. The normalized spacial score (nSPS) is 14.6. The van der Waals surface area contributed by atoms with Gasteiger partial charge >= 0.3 is 0 Å². The van der Waals surface area contributed by atoms with E-state index >= 15 is 0 Å². The summed E-state index contributed by atoms with van der Waals surface area (Å²) in [4.78, 5) is 13.6. The lowest BCUT2D eigenvalue weighted by atomic mass is 9.71. The summed E-state index contributed by atoms with van der Waals surface area (Å²) in [6.45, 7) is 0. The molecule has 0 aliphatic heterocycles. The molecule has 0 N–H and O–H groups in total. The van der Waals surface area contributed by atoms with E-state index in [1.54, 1.807) is 0 Å². The second-order valence-corrected chi connectivity index (χ2v) is 8.66. The maximum absolute atomic E-state index is 4.80. The summed E-state index contributed by atoms with van der Waals surface area (Å²) in [5, 5.41) is 0. The van der Waals surface area contributed by atoms with Gasteiger partial charge in [0.25, 0.3) is 0 Å². The van der Waals surface area contributed by atoms with Crippen LogP contribution in [0.4, 0.5) is 0 Å². The predicted molar refractivity (Wildman–Crippen MR) is 112 cm³/mol. The highest BCUT2D eigenvalue weighted by molar-refractivity contribution is 9.10. The lowest BCUT2D eigenvalue weighted by Crippen LogP contribution is -2.26. The van der Waals surface area contributed by atoms with Crippen LogP contribution >= 0.6 is 31.9 Å². The van der Waals surface area contributed by atoms with Gasteiger partial charge in [0.05, 0.1) is 11.1 Å². The van der Waals surface area contributed by atoms with Crippen molar-refractivity contribution in [3.63, 3.8) is 0 Å². The Morgan fingerprint density at radius 2 is 1.30 bits per heavy atom. The quantitative estimate of drug-likeness (QED) is 0.280. The first kappa shape index (κ1) is 15.7. The van der Waals surface area contributed by atoms with Crippen molar-refractivity contribution in [3.05, 3.63) is 98.6 Å². The molecule has 0 saturated carbocycles. The topological polar surface area (TPSA) is 38.7 Å². The van der Waals surface area contributed by atoms with Gasteiger partial charge in [0.2, 0.25) is 0 Å². The fraction of sp³-hybridized carbons (Fsp3) is 0.0455. The van der Waals surface area contributed by atoms with Crippen LogP contribution in [0.3, 0.4) is 0 Å². The molecule has 0 bridgehead atoms. The predicted octanol–water partition coefficient (Wildman–Crippen LogP) is 5.74. The Hall–Kier alpha value is -2.37. The summed E-state index contributed by atoms with van der Waals surface area (Å²) < 4.78 is 2.04. The SMILES string of the molecule is Brc1ccc2c(c1)C1(c3ccncc3-c3cnccc31)c1cc(Br)cnc1-2. The van der Waals surface area contributed by atoms with Crippen molar-refractivity contribution in [1.29, 1.82) is 0 Å². The first-order valence-electron chi connectivity index (χ1n) is 8.57. The standard InChI is InChI=1S/C22H11Br2N3/c23-12-1-2-14-19(7-12)22(20-8-13(24)9-27-21(14)20)17-3-5-25-10-15(17)16-11-26-6-4-18(16)22/h1-11H. The third-order valence-electron chi connectivity index (χ3n) is 5.64. The third kappa shape index (κ3) is 1.83. The Bertz CT molecular complexity index is 1170. The summed E-state index contributed by atoms with van der Waals surface area (Å²) in [6, 6.07) is 12.9. The van der Waals surface area contributed by atoms with E-state index < -0.39 is 5.41 Å². The molecule has 1 aromatic carbocycles. The minimum atomic E-state index is -0.401. The minimum Gasteiger partial charge on any atom is -0.264 e. The first-order valence-corrected chi connectivity index (χ1v) is 10.2. The van der Waals surface area contributed by atoms with Gasteiger partial charge in [-0.2, -0.15) is 0 Å². The van der Waals surface area contributed by atoms with Crippen LogP contribution in [-0.4, -0.2) is 15.0 Å². The van der Waals surface area contributed by atoms with Crippen LogP contribution in [-0.2, 0) is 5.41 Å². The summed E-state index contributed by atoms with van der Waals surface area (Å²) >= 11 is 7.32. The van der Waals surface area contributed by atoms with E-state index in [-0.39, 0.29) is 0 Å². The van der Waals surface area contributed by atoms with Crippen molar-refractivity contribution in [1.82, 2.24) is 15.0 Å². The van der Waals surface area contributed by atoms with Gasteiger partial charge in [-0.15, -0.1) is 0 Å². The molecule has 6 rings (SSSR count). The van der Waals surface area contributed by atoms with Crippen molar-refractivity contribution < 1.29 is 0 Å². The summed E-state index contributed by atoms with van der Waals surface area (Å²) in [6.07, 6.45) is 9.53. The molecule has 1 spiro atoms. The van der Waals surface area contributed by atoms with E-state index in [2.05, 4.69) is 78.2 Å². The molecule has 0 atom stereocenters. The Labute approximate surface area is 172 Å². The zero-order valence-corrected chi connectivity index (χ0v) is 17.1. The molecule has 0 saturated heterocycles. The van der Waals surface area contributed by atoms with Crippen LogP contribution in [0.5, 0.6) is 0 Å². The molecule has 3 heterocycles. The highest BCUT2D eigenvalue weighted by Crippen LogP contribution is 2.62. The molecule has 2 aliphatic carbocycles. The summed E-state index contributed by atoms with van der Waals surface area (Å²) in [5.41, 5.74) is 9.00. The number of hydrogen-bond donors (Lipinski definition) is 0. The van der Waals surface area contributed by atoms with Crippen molar-refractivity contribution in [2.75, 3.05) is 0 Å². The molecule has 3 nitrogen and oxygen atoms in total. The maximum Gasteiger partial charge on any atom is 0.0754 e. The lowest BCUT2D eigenvalue weighted by molar-refractivity contribution is 0.787. The highest BCUT2D eigenvalue weighted by Gasteiger charge is 2.52. The Balaban J connectivity index is 1.88. The average molecular weight is 477 g/mol. The first-order chi connectivity index (χ1) is 13.2. The van der Waals surface area contributed by atoms with Crippen molar-refractivity contribution in [2.24, 2.45) is 0 Å². The number of pyridine rings is 3. The van der Waals surface area contributed by atoms with Crippen LogP contribution in [0.2, 0.25) is 0 Å². The molecule has 3 aromatic heterocycles. The number of halogens is 2. The maximum atomic E-state index is 4.80. The molecule has 0 fully saturated rings. The van der Waals surface area contributed by atoms with Gasteiger partial charge in [-0.3, -0.25) is 15.0 Å². The zero-order chi connectivity index (χ0) is 18.2. The molecule has 5 heteroatoms. The smallest absolute Gasteiger partial charge is 0.0754 e. The van der Waals surface area contributed by atoms with Gasteiger partial charge in [-0.1, -0.05) is 22.0 Å². The average Bonchev–Trinajstić information content (AvgIpc) is 3.14. The third-order valence-corrected chi connectivity index (χ3v) is 6.57. The number of rotatable bonds is 0. The molecule has 4 aromatic rings. The van der Waals surface area contributed by atoms with Crippen LogP contribution in [0, 0.1) is 0 Å². The van der Waals surface area contributed by atoms with Crippen LogP contribution in [0.15, 0.2) is 76.3 Å². The van der Waals surface area contributed by atoms with Crippen LogP contribution in [0.25, 0.3) is 22.4 Å². The van der Waals surface area contributed by atoms with Crippen molar-refractivity contribution in [3.8, 4) is 22.4 Å². The molecular weight excluding hydrogens is 466 g/mol. The number of fused-ring (bicyclic) bond motifs is 10. The minimum absolute atomic E-state index is 0.401. The van der Waals surface area contributed by atoms with Gasteiger partial charge in [0.1, 0.15) is 0 Å². The second kappa shape index (κ2) is 5.33. The van der Waals surface area contributed by atoms with E-state index in [4.69, 9.17) is 4.98 Å². The van der Waals surface area contributed by atoms with Crippen LogP contribution in [0.1, 0.15) is 22.3 Å². The highest BCUT2D eigenvalue weighted by atomic mass is 79.9. The fourth-order valence-electron chi connectivity index (χ4n) is 4.72. The summed E-state index contributed by atoms with van der Waals surface area (Å²) in [7, 11) is 0. The molecule has 0 radical (unpaired) electrons. The van der Waals surface area contributed by atoms with Crippen molar-refractivity contribution in [2.45, 2.75) is 5.41 Å². The lowest BCUT2D eigenvalue weighted by Gasteiger charge is -2.30. The monoisotopic (exact) mass is 475 g/mol. The van der Waals surface area contributed by atoms with E-state index in [0.29, 0.717) is 0 Å².